The molecule has 32 heavy (non-hydrogen) atoms. The number of rotatable bonds is 6. The van der Waals surface area contributed by atoms with Crippen molar-refractivity contribution >= 4 is 51.5 Å². The van der Waals surface area contributed by atoms with Gasteiger partial charge in [0.15, 0.2) is 5.75 Å². The summed E-state index contributed by atoms with van der Waals surface area (Å²) in [7, 11) is 4.09. The fourth-order valence-corrected chi connectivity index (χ4v) is 5.18. The fourth-order valence-electron chi connectivity index (χ4n) is 4.47. The molecule has 172 valence electrons. The SMILES string of the molecule is CCC(CC)c1ccc(Cl)c2nc(Oc3c(Cl)cc(Cl)cc3N3CCN(C)CC3)n(C)c12. The summed E-state index contributed by atoms with van der Waals surface area (Å²) in [5.74, 6) is 0.997. The highest BCUT2D eigenvalue weighted by Gasteiger charge is 2.24. The van der Waals surface area contributed by atoms with Gasteiger partial charge in [0.1, 0.15) is 5.52 Å². The van der Waals surface area contributed by atoms with E-state index in [0.29, 0.717) is 32.7 Å². The van der Waals surface area contributed by atoms with Crippen LogP contribution in [0.15, 0.2) is 24.3 Å². The van der Waals surface area contributed by atoms with E-state index >= 15 is 0 Å². The molecule has 1 saturated heterocycles. The molecule has 0 aliphatic carbocycles. The van der Waals surface area contributed by atoms with E-state index in [2.05, 4.69) is 36.8 Å². The average molecular weight is 496 g/mol. The first-order valence-corrected chi connectivity index (χ1v) is 12.2. The van der Waals surface area contributed by atoms with Crippen LogP contribution in [0.4, 0.5) is 5.69 Å². The summed E-state index contributed by atoms with van der Waals surface area (Å²) in [5.41, 5.74) is 3.88. The van der Waals surface area contributed by atoms with Crippen molar-refractivity contribution in [1.29, 1.82) is 0 Å². The second-order valence-electron chi connectivity index (χ2n) is 8.43. The highest BCUT2D eigenvalue weighted by molar-refractivity contribution is 6.36. The number of benzene rings is 2. The second kappa shape index (κ2) is 9.68. The summed E-state index contributed by atoms with van der Waals surface area (Å²) in [5, 5.41) is 1.66. The Morgan fingerprint density at radius 3 is 2.31 bits per heavy atom. The number of imidazole rings is 1. The van der Waals surface area contributed by atoms with Gasteiger partial charge in [-0.25, -0.2) is 0 Å². The van der Waals surface area contributed by atoms with E-state index in [9.17, 15) is 0 Å². The molecule has 2 heterocycles. The van der Waals surface area contributed by atoms with E-state index in [1.54, 1.807) is 6.07 Å². The van der Waals surface area contributed by atoms with Crippen LogP contribution < -0.4 is 9.64 Å². The summed E-state index contributed by atoms with van der Waals surface area (Å²) < 4.78 is 8.38. The number of ether oxygens (including phenoxy) is 1. The lowest BCUT2D eigenvalue weighted by atomic mass is 9.93. The van der Waals surface area contributed by atoms with E-state index < -0.39 is 0 Å². The van der Waals surface area contributed by atoms with Gasteiger partial charge in [0.25, 0.3) is 0 Å². The average Bonchev–Trinajstić information content (AvgIpc) is 3.10. The number of fused-ring (bicyclic) bond motifs is 1. The summed E-state index contributed by atoms with van der Waals surface area (Å²) in [6.07, 6.45) is 2.09. The maximum Gasteiger partial charge on any atom is 0.302 e. The molecule has 8 heteroatoms. The molecule has 1 aliphatic heterocycles. The molecule has 1 aromatic heterocycles. The van der Waals surface area contributed by atoms with Crippen LogP contribution in [-0.2, 0) is 7.05 Å². The van der Waals surface area contributed by atoms with Crippen LogP contribution in [0.25, 0.3) is 11.0 Å². The van der Waals surface area contributed by atoms with Gasteiger partial charge < -0.3 is 14.5 Å². The first kappa shape index (κ1) is 23.5. The summed E-state index contributed by atoms with van der Waals surface area (Å²) in [6.45, 7) is 8.08. The standard InChI is InChI=1S/C24H29Cl3N4O/c1-5-15(6-2)17-7-8-18(26)21-22(17)30(4)24(28-21)32-23-19(27)13-16(25)14-20(23)31-11-9-29(3)10-12-31/h7-8,13-15H,5-6,9-12H2,1-4H3. The minimum Gasteiger partial charge on any atom is -0.422 e. The molecule has 0 atom stereocenters. The molecule has 5 nitrogen and oxygen atoms in total. The number of hydrogen-bond acceptors (Lipinski definition) is 4. The Labute approximate surface area is 204 Å². The van der Waals surface area contributed by atoms with Crippen LogP contribution in [0, 0.1) is 0 Å². The Balaban J connectivity index is 1.80. The van der Waals surface area contributed by atoms with Gasteiger partial charge in [-0.1, -0.05) is 54.7 Å². The summed E-state index contributed by atoms with van der Waals surface area (Å²) in [4.78, 5) is 9.33. The van der Waals surface area contributed by atoms with Gasteiger partial charge >= 0.3 is 6.01 Å². The molecule has 0 N–H and O–H groups in total. The third-order valence-electron chi connectivity index (χ3n) is 6.41. The van der Waals surface area contributed by atoms with E-state index in [4.69, 9.17) is 44.5 Å². The Morgan fingerprint density at radius 1 is 0.969 bits per heavy atom. The van der Waals surface area contributed by atoms with Crippen LogP contribution >= 0.6 is 34.8 Å². The minimum atomic E-state index is 0.429. The first-order chi connectivity index (χ1) is 15.3. The highest BCUT2D eigenvalue weighted by atomic mass is 35.5. The van der Waals surface area contributed by atoms with Crippen molar-refractivity contribution in [1.82, 2.24) is 14.5 Å². The molecule has 4 rings (SSSR count). The number of aromatic nitrogens is 2. The van der Waals surface area contributed by atoms with Crippen molar-refractivity contribution in [2.45, 2.75) is 32.6 Å². The van der Waals surface area contributed by atoms with Gasteiger partial charge in [0, 0.05) is 38.2 Å². The van der Waals surface area contributed by atoms with Gasteiger partial charge in [-0.2, -0.15) is 4.98 Å². The van der Waals surface area contributed by atoms with Crippen LogP contribution in [0.2, 0.25) is 15.1 Å². The maximum absolute atomic E-state index is 6.63. The van der Waals surface area contributed by atoms with Gasteiger partial charge in [-0.3, -0.25) is 4.57 Å². The Morgan fingerprint density at radius 2 is 1.66 bits per heavy atom. The minimum absolute atomic E-state index is 0.429. The Bertz CT molecular complexity index is 1120. The normalized spacial score (nSPS) is 15.2. The van der Waals surface area contributed by atoms with Crippen molar-refractivity contribution in [3.05, 3.63) is 44.9 Å². The molecule has 0 radical (unpaired) electrons. The Hall–Kier alpha value is -1.66. The molecule has 0 spiro atoms. The molecular weight excluding hydrogens is 467 g/mol. The molecule has 3 aromatic rings. The number of hydrogen-bond donors (Lipinski definition) is 0. The second-order valence-corrected chi connectivity index (χ2v) is 9.68. The number of likely N-dealkylation sites (N-methyl/N-ethyl adjacent to an activating group) is 1. The zero-order valence-electron chi connectivity index (χ0n) is 19.0. The lowest BCUT2D eigenvalue weighted by Crippen LogP contribution is -2.44. The van der Waals surface area contributed by atoms with Crippen LogP contribution in [-0.4, -0.2) is 47.7 Å². The van der Waals surface area contributed by atoms with Crippen molar-refractivity contribution in [3.8, 4) is 11.8 Å². The number of piperazine rings is 1. The largest absolute Gasteiger partial charge is 0.422 e. The van der Waals surface area contributed by atoms with E-state index in [1.807, 2.05) is 23.7 Å². The molecule has 0 unspecified atom stereocenters. The van der Waals surface area contributed by atoms with E-state index in [1.165, 1.54) is 5.56 Å². The van der Waals surface area contributed by atoms with Crippen molar-refractivity contribution in [3.63, 3.8) is 0 Å². The van der Waals surface area contributed by atoms with Crippen LogP contribution in [0.1, 0.15) is 38.2 Å². The van der Waals surface area contributed by atoms with Crippen LogP contribution in [0.3, 0.4) is 0 Å². The molecule has 0 amide bonds. The van der Waals surface area contributed by atoms with E-state index in [0.717, 1.165) is 55.7 Å². The molecule has 2 aromatic carbocycles. The molecule has 0 saturated carbocycles. The molecular formula is C24H29Cl3N4O. The summed E-state index contributed by atoms with van der Waals surface area (Å²) >= 11 is 19.5. The number of anilines is 1. The van der Waals surface area contributed by atoms with Gasteiger partial charge in [0.05, 0.1) is 21.2 Å². The number of aryl methyl sites for hydroxylation is 1. The third kappa shape index (κ3) is 4.41. The van der Waals surface area contributed by atoms with E-state index in [-0.39, 0.29) is 0 Å². The highest BCUT2D eigenvalue weighted by Crippen LogP contribution is 2.43. The van der Waals surface area contributed by atoms with Gasteiger partial charge in [-0.15, -0.1) is 0 Å². The third-order valence-corrected chi connectivity index (χ3v) is 7.22. The van der Waals surface area contributed by atoms with Gasteiger partial charge in [-0.05, 0) is 49.6 Å². The zero-order valence-corrected chi connectivity index (χ0v) is 21.2. The van der Waals surface area contributed by atoms with Crippen LogP contribution in [0.5, 0.6) is 11.8 Å². The molecule has 0 bridgehead atoms. The molecule has 1 fully saturated rings. The quantitative estimate of drug-likeness (QED) is 0.369. The zero-order chi connectivity index (χ0) is 23.0. The number of halogens is 3. The number of nitrogens with zero attached hydrogens (tertiary/aromatic N) is 4. The lowest BCUT2D eigenvalue weighted by Gasteiger charge is -2.35. The van der Waals surface area contributed by atoms with Gasteiger partial charge in [0.2, 0.25) is 0 Å². The lowest BCUT2D eigenvalue weighted by molar-refractivity contribution is 0.311. The Kier molecular flexibility index (Phi) is 7.11. The van der Waals surface area contributed by atoms with Crippen molar-refractivity contribution < 1.29 is 4.74 Å². The fraction of sp³-hybridized carbons (Fsp3) is 0.458. The summed E-state index contributed by atoms with van der Waals surface area (Å²) in [6, 6.07) is 8.13. The topological polar surface area (TPSA) is 33.5 Å². The monoisotopic (exact) mass is 494 g/mol. The smallest absolute Gasteiger partial charge is 0.302 e. The molecule has 1 aliphatic rings. The van der Waals surface area contributed by atoms with Crippen molar-refractivity contribution in [2.75, 3.05) is 38.1 Å². The van der Waals surface area contributed by atoms with Crippen molar-refractivity contribution in [2.24, 2.45) is 7.05 Å². The first-order valence-electron chi connectivity index (χ1n) is 11.1. The maximum atomic E-state index is 6.63. The predicted molar refractivity (Wildman–Crippen MR) is 135 cm³/mol. The predicted octanol–water partition coefficient (Wildman–Crippen LogP) is 6.98.